The van der Waals surface area contributed by atoms with Crippen molar-refractivity contribution in [2.24, 2.45) is 0 Å². The molecule has 0 aliphatic carbocycles. The topological polar surface area (TPSA) is 32.3 Å². The monoisotopic (exact) mass is 268 g/mol. The summed E-state index contributed by atoms with van der Waals surface area (Å²) in [6, 6.07) is 10.5. The molecule has 0 N–H and O–H groups in total. The lowest BCUT2D eigenvalue weighted by Gasteiger charge is -2.22. The van der Waals surface area contributed by atoms with Gasteiger partial charge in [0.1, 0.15) is 5.82 Å². The Kier molecular flexibility index (Phi) is 3.54. The lowest BCUT2D eigenvalue weighted by Crippen LogP contribution is -2.25. The first kappa shape index (κ1) is 12.9. The fourth-order valence-electron chi connectivity index (χ4n) is 2.72. The molecule has 0 unspecified atom stereocenters. The van der Waals surface area contributed by atoms with Crippen LogP contribution in [0.1, 0.15) is 19.4 Å². The van der Waals surface area contributed by atoms with Crippen LogP contribution in [-0.2, 0) is 6.42 Å². The SMILES string of the molecule is CCN(CC)c1nccc(N2CCc3ccccc32)n1. The van der Waals surface area contributed by atoms with Crippen LogP contribution in [0.3, 0.4) is 0 Å². The third-order valence-corrected chi connectivity index (χ3v) is 3.84. The molecule has 0 saturated heterocycles. The standard InChI is InChI=1S/C16H20N4/c1-3-19(4-2)16-17-11-9-15(18-16)20-12-10-13-7-5-6-8-14(13)20/h5-9,11H,3-4,10,12H2,1-2H3. The summed E-state index contributed by atoms with van der Waals surface area (Å²) in [4.78, 5) is 13.6. The average molecular weight is 268 g/mol. The lowest BCUT2D eigenvalue weighted by atomic mass is 10.2. The Morgan fingerprint density at radius 1 is 1.15 bits per heavy atom. The zero-order valence-electron chi connectivity index (χ0n) is 12.1. The van der Waals surface area contributed by atoms with Crippen LogP contribution in [0, 0.1) is 0 Å². The van der Waals surface area contributed by atoms with Gasteiger partial charge >= 0.3 is 0 Å². The third kappa shape index (κ3) is 2.22. The van der Waals surface area contributed by atoms with E-state index in [1.165, 1.54) is 11.3 Å². The molecule has 2 aromatic rings. The number of hydrogen-bond donors (Lipinski definition) is 0. The summed E-state index contributed by atoms with van der Waals surface area (Å²) >= 11 is 0. The summed E-state index contributed by atoms with van der Waals surface area (Å²) < 4.78 is 0. The van der Waals surface area contributed by atoms with Gasteiger partial charge in [-0.05, 0) is 38.0 Å². The molecule has 1 aliphatic heterocycles. The molecule has 20 heavy (non-hydrogen) atoms. The fraction of sp³-hybridized carbons (Fsp3) is 0.375. The smallest absolute Gasteiger partial charge is 0.227 e. The first-order valence-corrected chi connectivity index (χ1v) is 7.27. The van der Waals surface area contributed by atoms with Crippen LogP contribution in [0.4, 0.5) is 17.5 Å². The molecule has 3 rings (SSSR count). The Hall–Kier alpha value is -2.10. The highest BCUT2D eigenvalue weighted by Gasteiger charge is 2.21. The highest BCUT2D eigenvalue weighted by Crippen LogP contribution is 2.33. The molecule has 0 spiro atoms. The average Bonchev–Trinajstić information content (AvgIpc) is 2.93. The maximum Gasteiger partial charge on any atom is 0.227 e. The van der Waals surface area contributed by atoms with Gasteiger partial charge in [-0.25, -0.2) is 4.98 Å². The van der Waals surface area contributed by atoms with Crippen molar-refractivity contribution >= 4 is 17.5 Å². The Balaban J connectivity index is 1.94. The van der Waals surface area contributed by atoms with Crippen LogP contribution in [0.25, 0.3) is 0 Å². The summed E-state index contributed by atoms with van der Waals surface area (Å²) in [6.07, 6.45) is 2.94. The molecule has 0 bridgehead atoms. The molecule has 4 heteroatoms. The van der Waals surface area contributed by atoms with E-state index in [1.54, 1.807) is 0 Å². The van der Waals surface area contributed by atoms with Crippen molar-refractivity contribution in [1.29, 1.82) is 0 Å². The van der Waals surface area contributed by atoms with E-state index in [0.717, 1.165) is 37.8 Å². The van der Waals surface area contributed by atoms with E-state index in [1.807, 2.05) is 12.3 Å². The van der Waals surface area contributed by atoms with Crippen molar-refractivity contribution in [3.63, 3.8) is 0 Å². The van der Waals surface area contributed by atoms with Crippen LogP contribution >= 0.6 is 0 Å². The van der Waals surface area contributed by atoms with Gasteiger partial charge in [0.05, 0.1) is 0 Å². The van der Waals surface area contributed by atoms with Crippen molar-refractivity contribution in [3.05, 3.63) is 42.1 Å². The molecule has 0 saturated carbocycles. The fourth-order valence-corrected chi connectivity index (χ4v) is 2.72. The Morgan fingerprint density at radius 2 is 1.95 bits per heavy atom. The van der Waals surface area contributed by atoms with Gasteiger partial charge in [0.25, 0.3) is 0 Å². The maximum atomic E-state index is 4.74. The number of fused-ring (bicyclic) bond motifs is 1. The van der Waals surface area contributed by atoms with Crippen molar-refractivity contribution in [2.45, 2.75) is 20.3 Å². The second-order valence-corrected chi connectivity index (χ2v) is 4.92. The van der Waals surface area contributed by atoms with E-state index in [2.05, 4.69) is 52.9 Å². The zero-order chi connectivity index (χ0) is 13.9. The van der Waals surface area contributed by atoms with Gasteiger partial charge in [0, 0.05) is 31.5 Å². The van der Waals surface area contributed by atoms with Crippen LogP contribution in [0.5, 0.6) is 0 Å². The number of nitrogens with zero attached hydrogens (tertiary/aromatic N) is 4. The Bertz CT molecular complexity index is 593. The largest absolute Gasteiger partial charge is 0.341 e. The normalized spacial score (nSPS) is 13.4. The first-order valence-electron chi connectivity index (χ1n) is 7.27. The minimum atomic E-state index is 0.817. The molecule has 104 valence electrons. The van der Waals surface area contributed by atoms with Crippen LogP contribution in [0.2, 0.25) is 0 Å². The van der Waals surface area contributed by atoms with E-state index in [9.17, 15) is 0 Å². The van der Waals surface area contributed by atoms with E-state index >= 15 is 0 Å². The highest BCUT2D eigenvalue weighted by molar-refractivity contribution is 5.67. The number of benzene rings is 1. The molecular formula is C16H20N4. The van der Waals surface area contributed by atoms with Crippen molar-refractivity contribution in [2.75, 3.05) is 29.4 Å². The summed E-state index contributed by atoms with van der Waals surface area (Å²) in [5, 5.41) is 0. The van der Waals surface area contributed by atoms with Crippen LogP contribution < -0.4 is 9.80 Å². The second-order valence-electron chi connectivity index (χ2n) is 4.92. The lowest BCUT2D eigenvalue weighted by molar-refractivity contribution is 0.817. The van der Waals surface area contributed by atoms with E-state index in [4.69, 9.17) is 4.98 Å². The highest BCUT2D eigenvalue weighted by atomic mass is 15.3. The van der Waals surface area contributed by atoms with Gasteiger partial charge in [0.15, 0.2) is 0 Å². The number of hydrogen-bond acceptors (Lipinski definition) is 4. The summed E-state index contributed by atoms with van der Waals surface area (Å²) in [7, 11) is 0. The molecule has 4 nitrogen and oxygen atoms in total. The summed E-state index contributed by atoms with van der Waals surface area (Å²) in [6.45, 7) is 7.11. The number of aromatic nitrogens is 2. The molecular weight excluding hydrogens is 248 g/mol. The number of para-hydroxylation sites is 1. The summed E-state index contributed by atoms with van der Waals surface area (Å²) in [5.74, 6) is 1.81. The minimum Gasteiger partial charge on any atom is -0.341 e. The number of rotatable bonds is 4. The predicted molar refractivity (Wildman–Crippen MR) is 82.7 cm³/mol. The second kappa shape index (κ2) is 5.49. The van der Waals surface area contributed by atoms with Crippen molar-refractivity contribution in [3.8, 4) is 0 Å². The molecule has 0 amide bonds. The minimum absolute atomic E-state index is 0.817. The quantitative estimate of drug-likeness (QED) is 0.853. The van der Waals surface area contributed by atoms with E-state index < -0.39 is 0 Å². The van der Waals surface area contributed by atoms with Gasteiger partial charge in [-0.15, -0.1) is 0 Å². The summed E-state index contributed by atoms with van der Waals surface area (Å²) in [5.41, 5.74) is 2.67. The molecule has 2 heterocycles. The van der Waals surface area contributed by atoms with Gasteiger partial charge in [0.2, 0.25) is 5.95 Å². The molecule has 0 radical (unpaired) electrons. The van der Waals surface area contributed by atoms with Crippen LogP contribution in [-0.4, -0.2) is 29.6 Å². The van der Waals surface area contributed by atoms with Gasteiger partial charge in [-0.2, -0.15) is 4.98 Å². The van der Waals surface area contributed by atoms with Gasteiger partial charge in [-0.1, -0.05) is 18.2 Å². The molecule has 0 fully saturated rings. The van der Waals surface area contributed by atoms with E-state index in [0.29, 0.717) is 0 Å². The molecule has 1 aromatic carbocycles. The zero-order valence-corrected chi connectivity index (χ0v) is 12.1. The van der Waals surface area contributed by atoms with Crippen molar-refractivity contribution in [1.82, 2.24) is 9.97 Å². The Morgan fingerprint density at radius 3 is 2.75 bits per heavy atom. The maximum absolute atomic E-state index is 4.74. The number of anilines is 3. The third-order valence-electron chi connectivity index (χ3n) is 3.84. The van der Waals surface area contributed by atoms with Gasteiger partial charge < -0.3 is 9.80 Å². The van der Waals surface area contributed by atoms with E-state index in [-0.39, 0.29) is 0 Å². The van der Waals surface area contributed by atoms with Crippen molar-refractivity contribution < 1.29 is 0 Å². The predicted octanol–water partition coefficient (Wildman–Crippen LogP) is 3.02. The molecule has 0 atom stereocenters. The first-order chi connectivity index (χ1) is 9.83. The molecule has 1 aliphatic rings. The van der Waals surface area contributed by atoms with Gasteiger partial charge in [-0.3, -0.25) is 0 Å². The molecule has 1 aromatic heterocycles. The van der Waals surface area contributed by atoms with Crippen LogP contribution in [0.15, 0.2) is 36.5 Å². The Labute approximate surface area is 120 Å².